The molecule has 3 nitrogen and oxygen atoms in total. The highest BCUT2D eigenvalue weighted by atomic mass is 32.1. The SMILES string of the molecule is Cc1ccsc1CNc1cc2c(cc1F)CCC(=O)N2. The number of fused-ring (bicyclic) bond motifs is 1. The van der Waals surface area contributed by atoms with Gasteiger partial charge < -0.3 is 10.6 Å². The van der Waals surface area contributed by atoms with Gasteiger partial charge in [0.25, 0.3) is 0 Å². The summed E-state index contributed by atoms with van der Waals surface area (Å²) in [5, 5.41) is 7.92. The Labute approximate surface area is 120 Å². The van der Waals surface area contributed by atoms with Gasteiger partial charge in [0.1, 0.15) is 5.82 Å². The number of carbonyl (C=O) groups is 1. The number of thiophene rings is 1. The summed E-state index contributed by atoms with van der Waals surface area (Å²) in [4.78, 5) is 12.6. The highest BCUT2D eigenvalue weighted by Gasteiger charge is 2.17. The Kier molecular flexibility index (Phi) is 3.44. The van der Waals surface area contributed by atoms with Crippen LogP contribution in [-0.2, 0) is 17.8 Å². The Balaban J connectivity index is 1.81. The van der Waals surface area contributed by atoms with E-state index in [9.17, 15) is 9.18 Å². The lowest BCUT2D eigenvalue weighted by Gasteiger charge is -2.18. The first-order valence-corrected chi connectivity index (χ1v) is 7.40. The van der Waals surface area contributed by atoms with Crippen LogP contribution < -0.4 is 10.6 Å². The van der Waals surface area contributed by atoms with Crippen LogP contribution in [0.4, 0.5) is 15.8 Å². The van der Waals surface area contributed by atoms with Crippen LogP contribution >= 0.6 is 11.3 Å². The molecule has 0 aliphatic carbocycles. The molecule has 1 amide bonds. The van der Waals surface area contributed by atoms with Crippen molar-refractivity contribution in [2.24, 2.45) is 0 Å². The first-order valence-electron chi connectivity index (χ1n) is 6.52. The summed E-state index contributed by atoms with van der Waals surface area (Å²) in [7, 11) is 0. The summed E-state index contributed by atoms with van der Waals surface area (Å²) < 4.78 is 14.0. The topological polar surface area (TPSA) is 41.1 Å². The zero-order chi connectivity index (χ0) is 14.1. The number of anilines is 2. The second kappa shape index (κ2) is 5.25. The third-order valence-corrected chi connectivity index (χ3v) is 4.52. The second-order valence-corrected chi connectivity index (χ2v) is 5.92. The van der Waals surface area contributed by atoms with Crippen LogP contribution in [0.1, 0.15) is 22.4 Å². The molecule has 5 heteroatoms. The molecule has 1 aliphatic rings. The first-order chi connectivity index (χ1) is 9.63. The number of aryl methyl sites for hydroxylation is 2. The molecule has 0 radical (unpaired) electrons. The van der Waals surface area contributed by atoms with E-state index in [1.54, 1.807) is 17.4 Å². The summed E-state index contributed by atoms with van der Waals surface area (Å²) in [5.74, 6) is -0.279. The van der Waals surface area contributed by atoms with Crippen LogP contribution in [0.3, 0.4) is 0 Å². The minimum Gasteiger partial charge on any atom is -0.378 e. The maximum Gasteiger partial charge on any atom is 0.224 e. The van der Waals surface area contributed by atoms with E-state index in [0.29, 0.717) is 30.8 Å². The van der Waals surface area contributed by atoms with Gasteiger partial charge in [-0.15, -0.1) is 11.3 Å². The van der Waals surface area contributed by atoms with Crippen molar-refractivity contribution in [2.75, 3.05) is 10.6 Å². The highest BCUT2D eigenvalue weighted by molar-refractivity contribution is 7.10. The Morgan fingerprint density at radius 1 is 1.40 bits per heavy atom. The summed E-state index contributed by atoms with van der Waals surface area (Å²) >= 11 is 1.65. The molecule has 0 bridgehead atoms. The van der Waals surface area contributed by atoms with E-state index < -0.39 is 0 Å². The van der Waals surface area contributed by atoms with Crippen molar-refractivity contribution < 1.29 is 9.18 Å². The molecule has 1 aromatic heterocycles. The number of nitrogens with one attached hydrogen (secondary N) is 2. The van der Waals surface area contributed by atoms with Crippen LogP contribution in [0.5, 0.6) is 0 Å². The quantitative estimate of drug-likeness (QED) is 0.905. The van der Waals surface area contributed by atoms with Gasteiger partial charge in [0.2, 0.25) is 5.91 Å². The average Bonchev–Trinajstić information content (AvgIpc) is 2.82. The van der Waals surface area contributed by atoms with Crippen LogP contribution in [0.25, 0.3) is 0 Å². The molecule has 3 rings (SSSR count). The summed E-state index contributed by atoms with van der Waals surface area (Å²) in [6.07, 6.45) is 1.02. The van der Waals surface area contributed by atoms with Crippen LogP contribution in [0, 0.1) is 12.7 Å². The highest BCUT2D eigenvalue weighted by Crippen LogP contribution is 2.29. The largest absolute Gasteiger partial charge is 0.378 e. The molecule has 20 heavy (non-hydrogen) atoms. The monoisotopic (exact) mass is 290 g/mol. The fourth-order valence-corrected chi connectivity index (χ4v) is 3.14. The minimum atomic E-state index is -0.269. The van der Waals surface area contributed by atoms with Crippen molar-refractivity contribution >= 4 is 28.6 Å². The molecule has 0 unspecified atom stereocenters. The van der Waals surface area contributed by atoms with Crippen molar-refractivity contribution in [1.82, 2.24) is 0 Å². The molecule has 0 saturated heterocycles. The number of carbonyl (C=O) groups excluding carboxylic acids is 1. The fourth-order valence-electron chi connectivity index (χ4n) is 2.29. The summed E-state index contributed by atoms with van der Waals surface area (Å²) in [6, 6.07) is 5.24. The summed E-state index contributed by atoms with van der Waals surface area (Å²) in [6.45, 7) is 2.63. The van der Waals surface area contributed by atoms with E-state index in [-0.39, 0.29) is 11.7 Å². The number of amides is 1. The molecule has 2 N–H and O–H groups in total. The standard InChI is InChI=1S/C15H15FN2OS/c1-9-4-5-20-14(9)8-17-13-7-12-10(6-11(13)16)2-3-15(19)18-12/h4-7,17H,2-3,8H2,1H3,(H,18,19). The van der Waals surface area contributed by atoms with Crippen LogP contribution in [0.15, 0.2) is 23.6 Å². The lowest BCUT2D eigenvalue weighted by molar-refractivity contribution is -0.116. The zero-order valence-electron chi connectivity index (χ0n) is 11.1. The van der Waals surface area contributed by atoms with Gasteiger partial charge in [0.15, 0.2) is 0 Å². The third kappa shape index (κ3) is 2.54. The van der Waals surface area contributed by atoms with Crippen molar-refractivity contribution in [2.45, 2.75) is 26.3 Å². The van der Waals surface area contributed by atoms with Crippen LogP contribution in [0.2, 0.25) is 0 Å². The zero-order valence-corrected chi connectivity index (χ0v) is 11.9. The first kappa shape index (κ1) is 13.1. The molecule has 1 aliphatic heterocycles. The maximum absolute atomic E-state index is 14.0. The van der Waals surface area contributed by atoms with Gasteiger partial charge in [-0.25, -0.2) is 4.39 Å². The predicted molar refractivity (Wildman–Crippen MR) is 79.7 cm³/mol. The number of rotatable bonds is 3. The van der Waals surface area contributed by atoms with Crippen molar-refractivity contribution in [1.29, 1.82) is 0 Å². The lowest BCUT2D eigenvalue weighted by Crippen LogP contribution is -2.19. The van der Waals surface area contributed by atoms with Gasteiger partial charge >= 0.3 is 0 Å². The Morgan fingerprint density at radius 2 is 2.25 bits per heavy atom. The third-order valence-electron chi connectivity index (χ3n) is 3.50. The van der Waals surface area contributed by atoms with Gasteiger partial charge in [0.05, 0.1) is 5.69 Å². The van der Waals surface area contributed by atoms with Gasteiger partial charge in [-0.05, 0) is 48.1 Å². The number of benzene rings is 1. The van der Waals surface area contributed by atoms with E-state index in [4.69, 9.17) is 0 Å². The molecule has 0 fully saturated rings. The molecule has 2 heterocycles. The van der Waals surface area contributed by atoms with Crippen molar-refractivity contribution in [3.63, 3.8) is 0 Å². The molecule has 104 valence electrons. The Morgan fingerprint density at radius 3 is 3.00 bits per heavy atom. The average molecular weight is 290 g/mol. The van der Waals surface area contributed by atoms with Gasteiger partial charge in [-0.2, -0.15) is 0 Å². The maximum atomic E-state index is 14.0. The molecule has 0 spiro atoms. The van der Waals surface area contributed by atoms with E-state index in [1.165, 1.54) is 16.5 Å². The molecular weight excluding hydrogens is 275 g/mol. The van der Waals surface area contributed by atoms with Gasteiger partial charge in [-0.1, -0.05) is 0 Å². The molecule has 0 saturated carbocycles. The molecule has 2 aromatic rings. The van der Waals surface area contributed by atoms with E-state index in [2.05, 4.69) is 10.6 Å². The van der Waals surface area contributed by atoms with Crippen molar-refractivity contribution in [3.8, 4) is 0 Å². The summed E-state index contributed by atoms with van der Waals surface area (Å²) in [5.41, 5.74) is 3.21. The molecule has 0 atom stereocenters. The van der Waals surface area contributed by atoms with Gasteiger partial charge in [0, 0.05) is 23.5 Å². The van der Waals surface area contributed by atoms with E-state index >= 15 is 0 Å². The van der Waals surface area contributed by atoms with Crippen LogP contribution in [-0.4, -0.2) is 5.91 Å². The smallest absolute Gasteiger partial charge is 0.224 e. The molecular formula is C15H15FN2OS. The van der Waals surface area contributed by atoms with Crippen molar-refractivity contribution in [3.05, 3.63) is 45.4 Å². The molecule has 1 aromatic carbocycles. The van der Waals surface area contributed by atoms with Gasteiger partial charge in [-0.3, -0.25) is 4.79 Å². The lowest BCUT2D eigenvalue weighted by atomic mass is 10.0. The number of hydrogen-bond acceptors (Lipinski definition) is 3. The predicted octanol–water partition coefficient (Wildman–Crippen LogP) is 3.69. The Bertz CT molecular complexity index is 666. The number of hydrogen-bond donors (Lipinski definition) is 2. The fraction of sp³-hybridized carbons (Fsp3) is 0.267. The number of halogens is 1. The minimum absolute atomic E-state index is 0.0100. The Hall–Kier alpha value is -1.88. The second-order valence-electron chi connectivity index (χ2n) is 4.92. The van der Waals surface area contributed by atoms with E-state index in [0.717, 1.165) is 5.56 Å². The normalized spacial score (nSPS) is 13.8. The van der Waals surface area contributed by atoms with E-state index in [1.807, 2.05) is 18.4 Å².